The Kier molecular flexibility index (Phi) is 5.91. The number of terminal acetylenes is 1. The van der Waals surface area contributed by atoms with Crippen LogP contribution >= 0.6 is 11.6 Å². The number of carbonyl (C=O) groups excluding carboxylic acids is 2. The Morgan fingerprint density at radius 3 is 2.43 bits per heavy atom. The largest absolute Gasteiger partial charge is 0.484 e. The van der Waals surface area contributed by atoms with Crippen LogP contribution in [-0.2, 0) is 15.1 Å². The first-order valence-electron chi connectivity index (χ1n) is 8.94. The number of carbonyl (C=O) groups is 2. The predicted molar refractivity (Wildman–Crippen MR) is 108 cm³/mol. The molecule has 0 saturated heterocycles. The number of hydrogen-bond acceptors (Lipinski definition) is 3. The zero-order valence-electron chi connectivity index (χ0n) is 15.5. The number of benzene rings is 2. The van der Waals surface area contributed by atoms with Crippen LogP contribution in [0.15, 0.2) is 48.5 Å². The van der Waals surface area contributed by atoms with Gasteiger partial charge in [-0.25, -0.2) is 0 Å². The lowest BCUT2D eigenvalue weighted by Crippen LogP contribution is -2.61. The Morgan fingerprint density at radius 2 is 1.82 bits per heavy atom. The third kappa shape index (κ3) is 4.65. The van der Waals surface area contributed by atoms with Crippen molar-refractivity contribution >= 4 is 23.4 Å². The van der Waals surface area contributed by atoms with Crippen molar-refractivity contribution < 1.29 is 14.3 Å². The SMILES string of the molecule is C#CC(=O)NC1CC(NC(=O)COc2ccc(C)cc2)(c2ccc(Cl)cc2)C1. The summed E-state index contributed by atoms with van der Waals surface area (Å²) in [6, 6.07) is 14.7. The quantitative estimate of drug-likeness (QED) is 0.738. The molecule has 0 heterocycles. The van der Waals surface area contributed by atoms with Crippen molar-refractivity contribution in [1.29, 1.82) is 0 Å². The molecular formula is C22H21ClN2O3. The zero-order chi connectivity index (χ0) is 20.1. The number of amides is 2. The van der Waals surface area contributed by atoms with Gasteiger partial charge in [0.15, 0.2) is 6.61 Å². The van der Waals surface area contributed by atoms with Gasteiger partial charge in [0.05, 0.1) is 5.54 Å². The smallest absolute Gasteiger partial charge is 0.295 e. The van der Waals surface area contributed by atoms with Crippen LogP contribution in [0.2, 0.25) is 5.02 Å². The highest BCUT2D eigenvalue weighted by Gasteiger charge is 2.47. The summed E-state index contributed by atoms with van der Waals surface area (Å²) in [6.45, 7) is 1.89. The molecule has 0 unspecified atom stereocenters. The molecule has 1 aliphatic carbocycles. The standard InChI is InChI=1S/C22H21ClN2O3/c1-3-20(26)24-18-12-22(13-18,16-6-8-17(23)9-7-16)25-21(27)14-28-19-10-4-15(2)5-11-19/h1,4-11,18H,12-14H2,2H3,(H,24,26)(H,25,27). The van der Waals surface area contributed by atoms with E-state index >= 15 is 0 Å². The molecule has 28 heavy (non-hydrogen) atoms. The summed E-state index contributed by atoms with van der Waals surface area (Å²) in [6.07, 6.45) is 6.20. The van der Waals surface area contributed by atoms with Crippen LogP contribution in [0.3, 0.4) is 0 Å². The van der Waals surface area contributed by atoms with E-state index in [2.05, 4.69) is 10.6 Å². The second kappa shape index (κ2) is 8.37. The van der Waals surface area contributed by atoms with Crippen LogP contribution in [-0.4, -0.2) is 24.5 Å². The molecular weight excluding hydrogens is 376 g/mol. The lowest BCUT2D eigenvalue weighted by molar-refractivity contribution is -0.127. The monoisotopic (exact) mass is 396 g/mol. The summed E-state index contributed by atoms with van der Waals surface area (Å²) >= 11 is 5.99. The van der Waals surface area contributed by atoms with Gasteiger partial charge in [0, 0.05) is 11.1 Å². The molecule has 2 amide bonds. The highest BCUT2D eigenvalue weighted by molar-refractivity contribution is 6.30. The van der Waals surface area contributed by atoms with Crippen LogP contribution in [0.25, 0.3) is 0 Å². The second-order valence-electron chi connectivity index (χ2n) is 6.96. The molecule has 0 aromatic heterocycles. The minimum absolute atomic E-state index is 0.0974. The predicted octanol–water partition coefficient (Wildman–Crippen LogP) is 2.95. The third-order valence-corrected chi connectivity index (χ3v) is 5.07. The van der Waals surface area contributed by atoms with Crippen LogP contribution in [0.1, 0.15) is 24.0 Å². The first kappa shape index (κ1) is 19.8. The maximum absolute atomic E-state index is 12.5. The number of halogens is 1. The van der Waals surface area contributed by atoms with Crippen molar-refractivity contribution in [3.63, 3.8) is 0 Å². The van der Waals surface area contributed by atoms with Gasteiger partial charge in [0.2, 0.25) is 0 Å². The van der Waals surface area contributed by atoms with E-state index in [-0.39, 0.29) is 18.6 Å². The van der Waals surface area contributed by atoms with Crippen LogP contribution in [0, 0.1) is 19.3 Å². The molecule has 0 spiro atoms. The first-order valence-corrected chi connectivity index (χ1v) is 9.32. The molecule has 3 rings (SSSR count). The molecule has 2 aromatic rings. The minimum Gasteiger partial charge on any atom is -0.484 e. The number of aryl methyl sites for hydroxylation is 1. The van der Waals surface area contributed by atoms with Crippen molar-refractivity contribution in [2.24, 2.45) is 0 Å². The van der Waals surface area contributed by atoms with Crippen molar-refractivity contribution in [3.8, 4) is 18.1 Å². The Hall–Kier alpha value is -2.97. The summed E-state index contributed by atoms with van der Waals surface area (Å²) in [5.41, 5.74) is 1.45. The molecule has 2 aromatic carbocycles. The maximum atomic E-state index is 12.5. The van der Waals surface area contributed by atoms with Crippen molar-refractivity contribution in [2.75, 3.05) is 6.61 Å². The van der Waals surface area contributed by atoms with Gasteiger partial charge in [-0.2, -0.15) is 0 Å². The van der Waals surface area contributed by atoms with Crippen molar-refractivity contribution in [2.45, 2.75) is 31.3 Å². The average molecular weight is 397 g/mol. The summed E-state index contributed by atoms with van der Waals surface area (Å²) in [5, 5.41) is 6.43. The summed E-state index contributed by atoms with van der Waals surface area (Å²) in [5.74, 6) is 1.99. The van der Waals surface area contributed by atoms with Gasteiger partial charge < -0.3 is 15.4 Å². The van der Waals surface area contributed by atoms with Gasteiger partial charge in [-0.1, -0.05) is 41.4 Å². The number of nitrogens with one attached hydrogen (secondary N) is 2. The Bertz CT molecular complexity index is 895. The van der Waals surface area contributed by atoms with E-state index in [1.807, 2.05) is 49.2 Å². The summed E-state index contributed by atoms with van der Waals surface area (Å²) in [7, 11) is 0. The summed E-state index contributed by atoms with van der Waals surface area (Å²) in [4.78, 5) is 24.0. The molecule has 1 saturated carbocycles. The minimum atomic E-state index is -0.592. The highest BCUT2D eigenvalue weighted by Crippen LogP contribution is 2.42. The normalized spacial score (nSPS) is 20.4. The van der Waals surface area contributed by atoms with Crippen LogP contribution < -0.4 is 15.4 Å². The fourth-order valence-corrected chi connectivity index (χ4v) is 3.50. The Labute approximate surface area is 169 Å². The lowest BCUT2D eigenvalue weighted by Gasteiger charge is -2.48. The zero-order valence-corrected chi connectivity index (χ0v) is 16.3. The summed E-state index contributed by atoms with van der Waals surface area (Å²) < 4.78 is 5.57. The lowest BCUT2D eigenvalue weighted by atomic mass is 9.68. The number of hydrogen-bond donors (Lipinski definition) is 2. The molecule has 144 valence electrons. The molecule has 6 heteroatoms. The number of ether oxygens (including phenoxy) is 1. The molecule has 1 fully saturated rings. The average Bonchev–Trinajstić information content (AvgIpc) is 2.66. The van der Waals surface area contributed by atoms with Crippen molar-refractivity contribution in [1.82, 2.24) is 10.6 Å². The molecule has 2 N–H and O–H groups in total. The van der Waals surface area contributed by atoms with Crippen molar-refractivity contribution in [3.05, 3.63) is 64.7 Å². The first-order chi connectivity index (χ1) is 13.4. The van der Waals surface area contributed by atoms with Crippen LogP contribution in [0.5, 0.6) is 5.75 Å². The van der Waals surface area contributed by atoms with E-state index in [0.29, 0.717) is 23.6 Å². The van der Waals surface area contributed by atoms with E-state index in [9.17, 15) is 9.59 Å². The second-order valence-corrected chi connectivity index (χ2v) is 7.40. The topological polar surface area (TPSA) is 67.4 Å². The molecule has 0 aliphatic heterocycles. The van der Waals surface area contributed by atoms with Gasteiger partial charge in [-0.15, -0.1) is 6.42 Å². The van der Waals surface area contributed by atoms with Crippen LogP contribution in [0.4, 0.5) is 0 Å². The van der Waals surface area contributed by atoms with Gasteiger partial charge >= 0.3 is 0 Å². The number of rotatable bonds is 6. The fourth-order valence-electron chi connectivity index (χ4n) is 3.38. The highest BCUT2D eigenvalue weighted by atomic mass is 35.5. The van der Waals surface area contributed by atoms with E-state index in [4.69, 9.17) is 22.8 Å². The van der Waals surface area contributed by atoms with Gasteiger partial charge in [-0.3, -0.25) is 9.59 Å². The molecule has 5 nitrogen and oxygen atoms in total. The maximum Gasteiger partial charge on any atom is 0.295 e. The van der Waals surface area contributed by atoms with Gasteiger partial charge in [-0.05, 0) is 55.5 Å². The molecule has 0 radical (unpaired) electrons. The van der Waals surface area contributed by atoms with E-state index in [0.717, 1.165) is 11.1 Å². The van der Waals surface area contributed by atoms with Gasteiger partial charge in [0.25, 0.3) is 11.8 Å². The molecule has 0 atom stereocenters. The fraction of sp³-hybridized carbons (Fsp3) is 0.273. The third-order valence-electron chi connectivity index (χ3n) is 4.82. The van der Waals surface area contributed by atoms with Gasteiger partial charge in [0.1, 0.15) is 5.75 Å². The molecule has 0 bridgehead atoms. The van der Waals surface area contributed by atoms with E-state index < -0.39 is 11.4 Å². The van der Waals surface area contributed by atoms with E-state index in [1.54, 1.807) is 12.1 Å². The Balaban J connectivity index is 1.66. The Morgan fingerprint density at radius 1 is 1.18 bits per heavy atom. The molecule has 1 aliphatic rings. The van der Waals surface area contributed by atoms with E-state index in [1.165, 1.54) is 0 Å².